The zero-order valence-electron chi connectivity index (χ0n) is 14.3. The smallest absolute Gasteiger partial charge is 0.338 e. The van der Waals surface area contributed by atoms with Crippen LogP contribution in [0.5, 0.6) is 0 Å². The molecule has 1 aromatic rings. The van der Waals surface area contributed by atoms with E-state index in [-0.39, 0.29) is 23.0 Å². The number of hydrogen-bond acceptors (Lipinski definition) is 5. The summed E-state index contributed by atoms with van der Waals surface area (Å²) >= 11 is 0. The average Bonchev–Trinajstić information content (AvgIpc) is 2.60. The highest BCUT2D eigenvalue weighted by Gasteiger charge is 2.14. The minimum Gasteiger partial charge on any atom is -0.452 e. The Labute approximate surface area is 148 Å². The van der Waals surface area contributed by atoms with Gasteiger partial charge in [0.1, 0.15) is 0 Å². The molecule has 136 valence electrons. The molecule has 0 bridgehead atoms. The Morgan fingerprint density at radius 1 is 1.24 bits per heavy atom. The molecule has 0 spiro atoms. The van der Waals surface area contributed by atoms with Crippen molar-refractivity contribution in [1.82, 2.24) is 5.32 Å². The third-order valence-corrected chi connectivity index (χ3v) is 5.10. The summed E-state index contributed by atoms with van der Waals surface area (Å²) in [5, 5.41) is 2.72. The number of sulfone groups is 1. The van der Waals surface area contributed by atoms with Crippen molar-refractivity contribution >= 4 is 21.7 Å². The summed E-state index contributed by atoms with van der Waals surface area (Å²) in [5.74, 6) is -1.10. The number of benzene rings is 1. The molecule has 0 aromatic heterocycles. The van der Waals surface area contributed by atoms with Crippen molar-refractivity contribution in [2.45, 2.75) is 37.0 Å². The molecule has 1 aliphatic carbocycles. The van der Waals surface area contributed by atoms with Crippen LogP contribution in [0.15, 0.2) is 40.8 Å². The third-order valence-electron chi connectivity index (χ3n) is 3.99. The Bertz CT molecular complexity index is 767. The molecule has 2 rings (SSSR count). The first-order valence-corrected chi connectivity index (χ1v) is 10.2. The van der Waals surface area contributed by atoms with E-state index in [1.807, 2.05) is 0 Å². The maximum atomic E-state index is 11.9. The van der Waals surface area contributed by atoms with Crippen LogP contribution in [-0.2, 0) is 19.4 Å². The van der Waals surface area contributed by atoms with Crippen LogP contribution in [0.1, 0.15) is 42.5 Å². The lowest BCUT2D eigenvalue weighted by atomic mass is 9.97. The predicted octanol–water partition coefficient (Wildman–Crippen LogP) is 2.25. The standard InChI is InChI=1S/C18H23NO5S/c1-25(22,23)16-9-5-8-15(12-16)18(21)24-13-17(20)19-11-10-14-6-3-2-4-7-14/h5-6,8-9,12H,2-4,7,10-11,13H2,1H3,(H,19,20). The van der Waals surface area contributed by atoms with Crippen molar-refractivity contribution in [2.75, 3.05) is 19.4 Å². The van der Waals surface area contributed by atoms with E-state index in [9.17, 15) is 18.0 Å². The number of esters is 1. The van der Waals surface area contributed by atoms with Gasteiger partial charge in [-0.3, -0.25) is 4.79 Å². The number of nitrogens with one attached hydrogen (secondary N) is 1. The number of carbonyl (C=O) groups is 2. The fraction of sp³-hybridized carbons (Fsp3) is 0.444. The minimum atomic E-state index is -3.41. The van der Waals surface area contributed by atoms with E-state index in [1.165, 1.54) is 42.7 Å². The van der Waals surface area contributed by atoms with Crippen molar-refractivity contribution in [3.8, 4) is 0 Å². The van der Waals surface area contributed by atoms with Crippen LogP contribution in [0.4, 0.5) is 0 Å². The summed E-state index contributed by atoms with van der Waals surface area (Å²) in [6, 6.07) is 5.55. The molecule has 0 heterocycles. The van der Waals surface area contributed by atoms with Gasteiger partial charge in [-0.15, -0.1) is 0 Å². The van der Waals surface area contributed by atoms with Gasteiger partial charge < -0.3 is 10.1 Å². The number of hydrogen-bond donors (Lipinski definition) is 1. The van der Waals surface area contributed by atoms with Gasteiger partial charge in [-0.2, -0.15) is 0 Å². The van der Waals surface area contributed by atoms with Crippen LogP contribution in [0.2, 0.25) is 0 Å². The Hall–Kier alpha value is -2.15. The molecule has 6 nitrogen and oxygen atoms in total. The lowest BCUT2D eigenvalue weighted by Gasteiger charge is -2.13. The van der Waals surface area contributed by atoms with Crippen LogP contribution >= 0.6 is 0 Å². The molecule has 1 N–H and O–H groups in total. The number of allylic oxidation sites excluding steroid dienone is 1. The minimum absolute atomic E-state index is 0.0344. The molecule has 1 amide bonds. The molecule has 0 aliphatic heterocycles. The van der Waals surface area contributed by atoms with E-state index >= 15 is 0 Å². The van der Waals surface area contributed by atoms with Crippen LogP contribution in [-0.4, -0.2) is 39.7 Å². The largest absolute Gasteiger partial charge is 0.452 e. The van der Waals surface area contributed by atoms with Gasteiger partial charge >= 0.3 is 5.97 Å². The van der Waals surface area contributed by atoms with E-state index in [1.54, 1.807) is 0 Å². The highest BCUT2D eigenvalue weighted by molar-refractivity contribution is 7.90. The Morgan fingerprint density at radius 2 is 2.04 bits per heavy atom. The van der Waals surface area contributed by atoms with Gasteiger partial charge in [0.15, 0.2) is 16.4 Å². The number of carbonyl (C=O) groups excluding carboxylic acids is 2. The van der Waals surface area contributed by atoms with E-state index < -0.39 is 15.8 Å². The fourth-order valence-electron chi connectivity index (χ4n) is 2.61. The summed E-state index contributed by atoms with van der Waals surface area (Å²) in [6.45, 7) is 0.132. The van der Waals surface area contributed by atoms with Gasteiger partial charge in [0, 0.05) is 12.8 Å². The Balaban J connectivity index is 1.77. The molecular weight excluding hydrogens is 342 g/mol. The second-order valence-corrected chi connectivity index (χ2v) is 8.10. The molecule has 7 heteroatoms. The van der Waals surface area contributed by atoms with Crippen molar-refractivity contribution in [3.63, 3.8) is 0 Å². The van der Waals surface area contributed by atoms with Crippen LogP contribution in [0, 0.1) is 0 Å². The third kappa shape index (κ3) is 6.34. The number of rotatable bonds is 7. The summed E-state index contributed by atoms with van der Waals surface area (Å²) in [4.78, 5) is 23.7. The molecule has 25 heavy (non-hydrogen) atoms. The van der Waals surface area contributed by atoms with E-state index in [2.05, 4.69) is 11.4 Å². The van der Waals surface area contributed by atoms with Crippen LogP contribution in [0.25, 0.3) is 0 Å². The van der Waals surface area contributed by atoms with Gasteiger partial charge in [-0.25, -0.2) is 13.2 Å². The second kappa shape index (κ2) is 8.80. The zero-order chi connectivity index (χ0) is 18.3. The molecular formula is C18H23NO5S. The molecule has 0 fully saturated rings. The maximum Gasteiger partial charge on any atom is 0.338 e. The second-order valence-electron chi connectivity index (χ2n) is 6.08. The lowest BCUT2D eigenvalue weighted by Crippen LogP contribution is -2.29. The predicted molar refractivity (Wildman–Crippen MR) is 94.0 cm³/mol. The topological polar surface area (TPSA) is 89.5 Å². The molecule has 0 atom stereocenters. The van der Waals surface area contributed by atoms with E-state index in [0.29, 0.717) is 6.54 Å². The van der Waals surface area contributed by atoms with Crippen LogP contribution < -0.4 is 5.32 Å². The fourth-order valence-corrected chi connectivity index (χ4v) is 3.28. The van der Waals surface area contributed by atoms with Crippen LogP contribution in [0.3, 0.4) is 0 Å². The lowest BCUT2D eigenvalue weighted by molar-refractivity contribution is -0.124. The molecule has 0 saturated carbocycles. The maximum absolute atomic E-state index is 11.9. The van der Waals surface area contributed by atoms with Gasteiger partial charge in [-0.05, 0) is 50.3 Å². The Kier molecular flexibility index (Phi) is 6.75. The first-order chi connectivity index (χ1) is 11.9. The molecule has 1 aromatic carbocycles. The SMILES string of the molecule is CS(=O)(=O)c1cccc(C(=O)OCC(=O)NCCC2=CCCCC2)c1. The van der Waals surface area contributed by atoms with Gasteiger partial charge in [0.25, 0.3) is 5.91 Å². The quantitative estimate of drug-likeness (QED) is 0.591. The van der Waals surface area contributed by atoms with Gasteiger partial charge in [0.2, 0.25) is 0 Å². The van der Waals surface area contributed by atoms with Crippen molar-refractivity contribution in [2.24, 2.45) is 0 Å². The highest BCUT2D eigenvalue weighted by atomic mass is 32.2. The van der Waals surface area contributed by atoms with Crippen molar-refractivity contribution in [3.05, 3.63) is 41.5 Å². The zero-order valence-corrected chi connectivity index (χ0v) is 15.1. The average molecular weight is 365 g/mol. The normalized spacial score (nSPS) is 14.5. The summed E-state index contributed by atoms with van der Waals surface area (Å²) in [7, 11) is -3.41. The number of ether oxygens (including phenoxy) is 1. The van der Waals surface area contributed by atoms with Gasteiger partial charge in [-0.1, -0.05) is 17.7 Å². The van der Waals surface area contributed by atoms with Crippen molar-refractivity contribution < 1.29 is 22.7 Å². The van der Waals surface area contributed by atoms with E-state index in [0.717, 1.165) is 25.5 Å². The van der Waals surface area contributed by atoms with E-state index in [4.69, 9.17) is 4.74 Å². The molecule has 0 saturated heterocycles. The molecule has 0 unspecified atom stereocenters. The summed E-state index contributed by atoms with van der Waals surface area (Å²) < 4.78 is 27.9. The first kappa shape index (κ1) is 19.2. The van der Waals surface area contributed by atoms with Gasteiger partial charge in [0.05, 0.1) is 10.5 Å². The Morgan fingerprint density at radius 3 is 2.72 bits per heavy atom. The summed E-state index contributed by atoms with van der Waals surface area (Å²) in [5.41, 5.74) is 1.46. The van der Waals surface area contributed by atoms with Crippen molar-refractivity contribution in [1.29, 1.82) is 0 Å². The monoisotopic (exact) mass is 365 g/mol. The highest BCUT2D eigenvalue weighted by Crippen LogP contribution is 2.19. The molecule has 0 radical (unpaired) electrons. The summed E-state index contributed by atoms with van der Waals surface area (Å²) in [6.07, 6.45) is 8.72. The first-order valence-electron chi connectivity index (χ1n) is 8.28. The number of amides is 1. The molecule has 1 aliphatic rings.